The highest BCUT2D eigenvalue weighted by atomic mass is 16.5. The van der Waals surface area contributed by atoms with Crippen LogP contribution in [0.15, 0.2) is 22.7 Å². The first-order valence-corrected chi connectivity index (χ1v) is 5.25. The van der Waals surface area contributed by atoms with Crippen molar-refractivity contribution in [2.24, 2.45) is 0 Å². The highest BCUT2D eigenvalue weighted by Crippen LogP contribution is 2.24. The minimum absolute atomic E-state index is 0.0946. The molecule has 0 aliphatic heterocycles. The Balaban J connectivity index is 2.28. The topological polar surface area (TPSA) is 68.4 Å². The van der Waals surface area contributed by atoms with Gasteiger partial charge in [0.1, 0.15) is 6.61 Å². The number of ether oxygens (including phenoxy) is 1. The summed E-state index contributed by atoms with van der Waals surface area (Å²) in [5.41, 5.74) is 2.88. The number of aryl methyl sites for hydroxylation is 2. The summed E-state index contributed by atoms with van der Waals surface area (Å²) in [6.07, 6.45) is 0. The summed E-state index contributed by atoms with van der Waals surface area (Å²) < 4.78 is 10.5. The van der Waals surface area contributed by atoms with Gasteiger partial charge in [0, 0.05) is 6.07 Å². The van der Waals surface area contributed by atoms with Crippen LogP contribution < -0.4 is 4.74 Å². The Morgan fingerprint density at radius 2 is 2.29 bits per heavy atom. The van der Waals surface area contributed by atoms with Crippen molar-refractivity contribution < 1.29 is 14.4 Å². The first-order valence-electron chi connectivity index (χ1n) is 5.25. The van der Waals surface area contributed by atoms with E-state index in [9.17, 15) is 0 Å². The number of hydrogen-bond acceptors (Lipinski definition) is 5. The van der Waals surface area contributed by atoms with Crippen molar-refractivity contribution in [3.8, 4) is 5.88 Å². The Kier molecular flexibility index (Phi) is 3.10. The molecule has 0 saturated carbocycles. The van der Waals surface area contributed by atoms with E-state index < -0.39 is 0 Å². The molecule has 0 unspecified atom stereocenters. The molecule has 0 aliphatic carbocycles. The lowest BCUT2D eigenvalue weighted by Gasteiger charge is -2.06. The predicted octanol–water partition coefficient (Wildman–Crippen LogP) is 1.77. The maximum Gasteiger partial charge on any atom is 0.261 e. The monoisotopic (exact) mass is 234 g/mol. The van der Waals surface area contributed by atoms with Crippen LogP contribution in [0.1, 0.15) is 11.3 Å². The van der Waals surface area contributed by atoms with Gasteiger partial charge in [0.15, 0.2) is 0 Å². The van der Waals surface area contributed by atoms with Crippen LogP contribution in [0.3, 0.4) is 0 Å². The molecule has 0 spiro atoms. The number of hydrogen-bond donors (Lipinski definition) is 1. The molecule has 2 aromatic heterocycles. The SMILES string of the molecule is C=C(CO)COc1cc(C)c2c(C)noc2n1. The lowest BCUT2D eigenvalue weighted by atomic mass is 10.2. The van der Waals surface area contributed by atoms with Crippen LogP contribution in [0.4, 0.5) is 0 Å². The quantitative estimate of drug-likeness (QED) is 0.816. The lowest BCUT2D eigenvalue weighted by molar-refractivity contribution is 0.283. The molecule has 0 bridgehead atoms. The Morgan fingerprint density at radius 3 is 3.00 bits per heavy atom. The van der Waals surface area contributed by atoms with Gasteiger partial charge < -0.3 is 14.4 Å². The van der Waals surface area contributed by atoms with Crippen LogP contribution in [0.5, 0.6) is 5.88 Å². The predicted molar refractivity (Wildman–Crippen MR) is 63.0 cm³/mol. The molecule has 17 heavy (non-hydrogen) atoms. The Hall–Kier alpha value is -1.88. The fourth-order valence-electron chi connectivity index (χ4n) is 1.57. The average molecular weight is 234 g/mol. The van der Waals surface area contributed by atoms with Gasteiger partial charge in [-0.15, -0.1) is 0 Å². The first-order chi connectivity index (χ1) is 8.11. The van der Waals surface area contributed by atoms with Crippen LogP contribution in [-0.2, 0) is 0 Å². The standard InChI is InChI=1S/C12H14N2O3/c1-7(5-15)6-16-10-4-8(2)11-9(3)14-17-12(11)13-10/h4,15H,1,5-6H2,2-3H3. The molecule has 5 nitrogen and oxygen atoms in total. The van der Waals surface area contributed by atoms with E-state index in [1.54, 1.807) is 0 Å². The molecule has 0 fully saturated rings. The third kappa shape index (κ3) is 2.29. The highest BCUT2D eigenvalue weighted by Gasteiger charge is 2.11. The van der Waals surface area contributed by atoms with Crippen LogP contribution in [-0.4, -0.2) is 28.5 Å². The highest BCUT2D eigenvalue weighted by molar-refractivity contribution is 5.80. The third-order valence-corrected chi connectivity index (χ3v) is 2.44. The minimum atomic E-state index is -0.0946. The van der Waals surface area contributed by atoms with Gasteiger partial charge in [-0.25, -0.2) is 0 Å². The van der Waals surface area contributed by atoms with Crippen LogP contribution in [0, 0.1) is 13.8 Å². The lowest BCUT2D eigenvalue weighted by Crippen LogP contribution is -2.04. The van der Waals surface area contributed by atoms with Gasteiger partial charge in [0.05, 0.1) is 17.7 Å². The molecule has 2 heterocycles. The minimum Gasteiger partial charge on any atom is -0.473 e. The second-order valence-electron chi connectivity index (χ2n) is 3.92. The summed E-state index contributed by atoms with van der Waals surface area (Å²) in [6.45, 7) is 7.60. The maximum atomic E-state index is 8.81. The molecule has 0 aromatic carbocycles. The van der Waals surface area contributed by atoms with Crippen molar-refractivity contribution in [1.82, 2.24) is 10.1 Å². The molecule has 0 aliphatic rings. The van der Waals surface area contributed by atoms with Crippen molar-refractivity contribution in [3.05, 3.63) is 29.5 Å². The van der Waals surface area contributed by atoms with E-state index in [1.165, 1.54) is 0 Å². The largest absolute Gasteiger partial charge is 0.473 e. The molecule has 90 valence electrons. The second kappa shape index (κ2) is 4.55. The molecule has 0 radical (unpaired) electrons. The van der Waals surface area contributed by atoms with Gasteiger partial charge in [-0.05, 0) is 25.0 Å². The molecule has 0 saturated heterocycles. The molecule has 1 N–H and O–H groups in total. The summed E-state index contributed by atoms with van der Waals surface area (Å²) >= 11 is 0. The van der Waals surface area contributed by atoms with Crippen LogP contribution >= 0.6 is 0 Å². The molecule has 5 heteroatoms. The van der Waals surface area contributed by atoms with E-state index >= 15 is 0 Å². The van der Waals surface area contributed by atoms with Crippen molar-refractivity contribution in [2.75, 3.05) is 13.2 Å². The zero-order chi connectivity index (χ0) is 12.4. The van der Waals surface area contributed by atoms with Crippen LogP contribution in [0.25, 0.3) is 11.1 Å². The fourth-order valence-corrected chi connectivity index (χ4v) is 1.57. The van der Waals surface area contributed by atoms with Crippen LogP contribution in [0.2, 0.25) is 0 Å². The molecular formula is C12H14N2O3. The Labute approximate surface area is 98.7 Å². The Morgan fingerprint density at radius 1 is 1.53 bits per heavy atom. The van der Waals surface area contributed by atoms with Gasteiger partial charge in [0.2, 0.25) is 5.88 Å². The maximum absolute atomic E-state index is 8.81. The van der Waals surface area contributed by atoms with Gasteiger partial charge in [-0.1, -0.05) is 11.7 Å². The molecular weight excluding hydrogens is 220 g/mol. The van der Waals surface area contributed by atoms with Crippen molar-refractivity contribution in [2.45, 2.75) is 13.8 Å². The van der Waals surface area contributed by atoms with E-state index in [2.05, 4.69) is 16.7 Å². The fraction of sp³-hybridized carbons (Fsp3) is 0.333. The summed E-state index contributed by atoms with van der Waals surface area (Å²) in [4.78, 5) is 4.19. The number of aliphatic hydroxyl groups excluding tert-OH is 1. The number of aliphatic hydroxyl groups is 1. The van der Waals surface area contributed by atoms with E-state index in [-0.39, 0.29) is 13.2 Å². The summed E-state index contributed by atoms with van der Waals surface area (Å²) in [5, 5.41) is 13.6. The van der Waals surface area contributed by atoms with Crippen molar-refractivity contribution >= 4 is 11.1 Å². The van der Waals surface area contributed by atoms with E-state index in [1.807, 2.05) is 19.9 Å². The molecule has 2 aromatic rings. The van der Waals surface area contributed by atoms with E-state index in [0.717, 1.165) is 16.6 Å². The van der Waals surface area contributed by atoms with Crippen molar-refractivity contribution in [1.29, 1.82) is 0 Å². The van der Waals surface area contributed by atoms with Crippen molar-refractivity contribution in [3.63, 3.8) is 0 Å². The summed E-state index contributed by atoms with van der Waals surface area (Å²) in [5.74, 6) is 0.445. The van der Waals surface area contributed by atoms with E-state index in [0.29, 0.717) is 17.2 Å². The second-order valence-corrected chi connectivity index (χ2v) is 3.92. The normalized spacial score (nSPS) is 10.8. The summed E-state index contributed by atoms with van der Waals surface area (Å²) in [7, 11) is 0. The number of nitrogens with zero attached hydrogens (tertiary/aromatic N) is 2. The Bertz CT molecular complexity index is 560. The zero-order valence-electron chi connectivity index (χ0n) is 9.86. The van der Waals surface area contributed by atoms with Gasteiger partial charge in [0.25, 0.3) is 5.71 Å². The van der Waals surface area contributed by atoms with Gasteiger partial charge >= 0.3 is 0 Å². The molecule has 0 atom stereocenters. The number of aromatic nitrogens is 2. The van der Waals surface area contributed by atoms with Gasteiger partial charge in [-0.3, -0.25) is 0 Å². The number of pyridine rings is 1. The van der Waals surface area contributed by atoms with Gasteiger partial charge in [-0.2, -0.15) is 4.98 Å². The van der Waals surface area contributed by atoms with E-state index in [4.69, 9.17) is 14.4 Å². The molecule has 0 amide bonds. The molecule has 2 rings (SSSR count). The number of rotatable bonds is 4. The third-order valence-electron chi connectivity index (χ3n) is 2.44. The smallest absolute Gasteiger partial charge is 0.261 e. The summed E-state index contributed by atoms with van der Waals surface area (Å²) in [6, 6.07) is 1.82. The zero-order valence-corrected chi connectivity index (χ0v) is 9.86. The number of fused-ring (bicyclic) bond motifs is 1. The average Bonchev–Trinajstić information content (AvgIpc) is 2.68. The first kappa shape index (κ1) is 11.6.